The molecule has 19 heavy (non-hydrogen) atoms. The van der Waals surface area contributed by atoms with Crippen molar-refractivity contribution in [3.63, 3.8) is 0 Å². The van der Waals surface area contributed by atoms with Gasteiger partial charge in [0.25, 0.3) is 5.91 Å². The minimum absolute atomic E-state index is 0.103. The fraction of sp³-hybridized carbons (Fsp3) is 0.133. The minimum Gasteiger partial charge on any atom is -0.467 e. The molecule has 1 aromatic carbocycles. The zero-order valence-electron chi connectivity index (χ0n) is 10.5. The van der Waals surface area contributed by atoms with Crippen LogP contribution in [0.1, 0.15) is 29.1 Å². The smallest absolute Gasteiger partial charge is 0.252 e. The number of hydrogen-bond acceptors (Lipinski definition) is 2. The Morgan fingerprint density at radius 1 is 1.26 bits per heavy atom. The Morgan fingerprint density at radius 3 is 2.95 bits per heavy atom. The summed E-state index contributed by atoms with van der Waals surface area (Å²) in [5.41, 5.74) is 1.62. The first kappa shape index (κ1) is 11.6. The van der Waals surface area contributed by atoms with Crippen LogP contribution in [0.2, 0.25) is 0 Å². The van der Waals surface area contributed by atoms with Crippen molar-refractivity contribution in [2.45, 2.75) is 13.0 Å². The van der Waals surface area contributed by atoms with Gasteiger partial charge < -0.3 is 14.7 Å². The molecule has 4 nitrogen and oxygen atoms in total. The number of aromatic amines is 1. The second-order valence-electron chi connectivity index (χ2n) is 4.46. The van der Waals surface area contributed by atoms with Gasteiger partial charge in [-0.3, -0.25) is 4.79 Å². The largest absolute Gasteiger partial charge is 0.467 e. The number of amides is 1. The van der Waals surface area contributed by atoms with Gasteiger partial charge in [0.1, 0.15) is 5.76 Å². The molecular formula is C15H14N2O2. The van der Waals surface area contributed by atoms with Gasteiger partial charge in [-0.25, -0.2) is 0 Å². The van der Waals surface area contributed by atoms with Gasteiger partial charge in [0.15, 0.2) is 0 Å². The van der Waals surface area contributed by atoms with Gasteiger partial charge in [-0.2, -0.15) is 0 Å². The first-order valence-corrected chi connectivity index (χ1v) is 6.16. The Hall–Kier alpha value is -2.49. The molecule has 0 saturated heterocycles. The molecule has 1 atom stereocenters. The quantitative estimate of drug-likeness (QED) is 0.753. The molecule has 0 saturated carbocycles. The van der Waals surface area contributed by atoms with Crippen LogP contribution in [0.15, 0.2) is 53.3 Å². The number of carbonyl (C=O) groups excluding carboxylic acids is 1. The predicted octanol–water partition coefficient (Wildman–Crippen LogP) is 3.25. The summed E-state index contributed by atoms with van der Waals surface area (Å²) in [6.45, 7) is 1.90. The van der Waals surface area contributed by atoms with Crippen LogP contribution >= 0.6 is 0 Å². The second kappa shape index (κ2) is 4.65. The highest BCUT2D eigenvalue weighted by Crippen LogP contribution is 2.19. The topological polar surface area (TPSA) is 58.0 Å². The lowest BCUT2D eigenvalue weighted by atomic mass is 10.1. The molecule has 0 radical (unpaired) electrons. The Balaban J connectivity index is 1.86. The molecule has 0 aliphatic heterocycles. The van der Waals surface area contributed by atoms with Gasteiger partial charge in [0.2, 0.25) is 0 Å². The van der Waals surface area contributed by atoms with E-state index in [9.17, 15) is 4.79 Å². The normalized spacial score (nSPS) is 12.5. The second-order valence-corrected chi connectivity index (χ2v) is 4.46. The van der Waals surface area contributed by atoms with Crippen molar-refractivity contribution >= 4 is 16.8 Å². The highest BCUT2D eigenvalue weighted by molar-refractivity contribution is 6.06. The van der Waals surface area contributed by atoms with E-state index in [1.165, 1.54) is 0 Å². The van der Waals surface area contributed by atoms with Gasteiger partial charge >= 0.3 is 0 Å². The number of hydrogen-bond donors (Lipinski definition) is 2. The lowest BCUT2D eigenvalue weighted by molar-refractivity contribution is 0.0937. The first-order chi connectivity index (χ1) is 9.25. The number of furan rings is 1. The highest BCUT2D eigenvalue weighted by Gasteiger charge is 2.15. The predicted molar refractivity (Wildman–Crippen MR) is 72.9 cm³/mol. The number of fused-ring (bicyclic) bond motifs is 1. The molecule has 96 valence electrons. The summed E-state index contributed by atoms with van der Waals surface area (Å²) in [6, 6.07) is 11.0. The number of rotatable bonds is 3. The fourth-order valence-corrected chi connectivity index (χ4v) is 2.17. The standard InChI is InChI=1S/C15H14N2O2/c1-10(14-6-3-9-19-14)17-15(18)12-4-2-5-13-11(12)7-8-16-13/h2-10,16H,1H3,(H,17,18). The fourth-order valence-electron chi connectivity index (χ4n) is 2.17. The van der Waals surface area contributed by atoms with Crippen LogP contribution < -0.4 is 5.32 Å². The van der Waals surface area contributed by atoms with E-state index >= 15 is 0 Å². The Bertz CT molecular complexity index is 698. The first-order valence-electron chi connectivity index (χ1n) is 6.16. The summed E-state index contributed by atoms with van der Waals surface area (Å²) in [5.74, 6) is 0.642. The van der Waals surface area contributed by atoms with E-state index in [4.69, 9.17) is 4.42 Å². The van der Waals surface area contributed by atoms with Gasteiger partial charge in [-0.05, 0) is 37.3 Å². The van der Waals surface area contributed by atoms with Crippen LogP contribution in [-0.4, -0.2) is 10.9 Å². The van der Waals surface area contributed by atoms with E-state index in [2.05, 4.69) is 10.3 Å². The van der Waals surface area contributed by atoms with Crippen LogP contribution in [0.5, 0.6) is 0 Å². The molecule has 0 aliphatic rings. The van der Waals surface area contributed by atoms with Gasteiger partial charge in [-0.15, -0.1) is 0 Å². The molecule has 0 aliphatic carbocycles. The summed E-state index contributed by atoms with van der Waals surface area (Å²) in [4.78, 5) is 15.4. The molecule has 3 aromatic rings. The summed E-state index contributed by atoms with van der Waals surface area (Å²) >= 11 is 0. The van der Waals surface area contributed by atoms with Crippen LogP contribution in [0.25, 0.3) is 10.9 Å². The van der Waals surface area contributed by atoms with Gasteiger partial charge in [-0.1, -0.05) is 6.07 Å². The van der Waals surface area contributed by atoms with E-state index in [1.54, 1.807) is 6.26 Å². The van der Waals surface area contributed by atoms with Crippen molar-refractivity contribution in [3.05, 3.63) is 60.2 Å². The third-order valence-corrected chi connectivity index (χ3v) is 3.16. The third-order valence-electron chi connectivity index (χ3n) is 3.16. The molecule has 1 unspecified atom stereocenters. The molecule has 2 N–H and O–H groups in total. The summed E-state index contributed by atoms with van der Waals surface area (Å²) in [6.07, 6.45) is 3.43. The monoisotopic (exact) mass is 254 g/mol. The van der Waals surface area contributed by atoms with E-state index in [-0.39, 0.29) is 11.9 Å². The zero-order valence-corrected chi connectivity index (χ0v) is 10.5. The van der Waals surface area contributed by atoms with Crippen molar-refractivity contribution in [2.24, 2.45) is 0 Å². The van der Waals surface area contributed by atoms with E-state index < -0.39 is 0 Å². The maximum atomic E-state index is 12.3. The molecule has 0 fully saturated rings. The Kier molecular flexibility index (Phi) is 2.83. The van der Waals surface area contributed by atoms with E-state index in [1.807, 2.05) is 49.5 Å². The molecule has 2 aromatic heterocycles. The van der Waals surface area contributed by atoms with E-state index in [0.29, 0.717) is 5.56 Å². The third kappa shape index (κ3) is 2.12. The van der Waals surface area contributed by atoms with Crippen LogP contribution in [-0.2, 0) is 0 Å². The SMILES string of the molecule is CC(NC(=O)c1cccc2[nH]ccc12)c1ccco1. The van der Waals surface area contributed by atoms with Gasteiger partial charge in [0, 0.05) is 22.7 Å². The molecular weight excluding hydrogens is 240 g/mol. The maximum absolute atomic E-state index is 12.3. The summed E-state index contributed by atoms with van der Waals surface area (Å²) < 4.78 is 5.28. The number of carbonyl (C=O) groups is 1. The molecule has 3 rings (SSSR count). The average Bonchev–Trinajstić information content (AvgIpc) is 3.08. The molecule has 0 bridgehead atoms. The molecule has 4 heteroatoms. The van der Waals surface area contributed by atoms with Crippen LogP contribution in [0.4, 0.5) is 0 Å². The number of benzene rings is 1. The van der Waals surface area contributed by atoms with E-state index in [0.717, 1.165) is 16.7 Å². The summed E-state index contributed by atoms with van der Waals surface area (Å²) in [5, 5.41) is 3.86. The van der Waals surface area contributed by atoms with Crippen LogP contribution in [0, 0.1) is 0 Å². The Morgan fingerprint density at radius 2 is 2.16 bits per heavy atom. The number of nitrogens with one attached hydrogen (secondary N) is 2. The lowest BCUT2D eigenvalue weighted by Crippen LogP contribution is -2.26. The van der Waals surface area contributed by atoms with Gasteiger partial charge in [0.05, 0.1) is 12.3 Å². The highest BCUT2D eigenvalue weighted by atomic mass is 16.3. The number of H-pyrrole nitrogens is 1. The van der Waals surface area contributed by atoms with Crippen molar-refractivity contribution in [1.29, 1.82) is 0 Å². The average molecular weight is 254 g/mol. The minimum atomic E-state index is -0.156. The van der Waals surface area contributed by atoms with Crippen molar-refractivity contribution in [3.8, 4) is 0 Å². The van der Waals surface area contributed by atoms with Crippen molar-refractivity contribution < 1.29 is 9.21 Å². The summed E-state index contributed by atoms with van der Waals surface area (Å²) in [7, 11) is 0. The zero-order chi connectivity index (χ0) is 13.2. The van der Waals surface area contributed by atoms with Crippen molar-refractivity contribution in [1.82, 2.24) is 10.3 Å². The molecule has 1 amide bonds. The van der Waals surface area contributed by atoms with Crippen molar-refractivity contribution in [2.75, 3.05) is 0 Å². The lowest BCUT2D eigenvalue weighted by Gasteiger charge is -2.12. The van der Waals surface area contributed by atoms with Crippen LogP contribution in [0.3, 0.4) is 0 Å². The maximum Gasteiger partial charge on any atom is 0.252 e. The number of aromatic nitrogens is 1. The Labute approximate surface area is 110 Å². The molecule has 0 spiro atoms. The molecule has 2 heterocycles.